The Morgan fingerprint density at radius 3 is 2.94 bits per heavy atom. The molecule has 0 saturated carbocycles. The lowest BCUT2D eigenvalue weighted by Gasteiger charge is -2.19. The van der Waals surface area contributed by atoms with Crippen LogP contribution in [0.15, 0.2) is 18.2 Å². The number of carbonyl (C=O) groups excluding carboxylic acids is 1. The molecule has 2 rings (SSSR count). The van der Waals surface area contributed by atoms with Gasteiger partial charge in [0.2, 0.25) is 5.91 Å². The number of nitrogens with zero attached hydrogens (tertiary/aromatic N) is 1. The van der Waals surface area contributed by atoms with Crippen LogP contribution in [-0.2, 0) is 4.79 Å². The lowest BCUT2D eigenvalue weighted by atomic mass is 10.1. The van der Waals surface area contributed by atoms with Crippen LogP contribution in [0.3, 0.4) is 0 Å². The summed E-state index contributed by atoms with van der Waals surface area (Å²) < 4.78 is 6.18. The number of carbonyl (C=O) groups is 1. The van der Waals surface area contributed by atoms with Crippen LogP contribution < -0.4 is 9.64 Å². The summed E-state index contributed by atoms with van der Waals surface area (Å²) in [5.74, 6) is 0.848. The molecule has 17 heavy (non-hydrogen) atoms. The van der Waals surface area contributed by atoms with Crippen molar-refractivity contribution in [2.45, 2.75) is 6.42 Å². The number of rotatable bonds is 3. The molecule has 1 aromatic rings. The number of hydrogen-bond acceptors (Lipinski definition) is 3. The second-order valence-corrected chi connectivity index (χ2v) is 5.24. The number of halogens is 1. The molecule has 4 nitrogen and oxygen atoms in total. The van der Waals surface area contributed by atoms with Gasteiger partial charge in [-0.15, -0.1) is 0 Å². The number of amides is 1. The quantitative estimate of drug-likeness (QED) is 0.846. The fraction of sp³-hybridized carbons (Fsp3) is 0.417. The first-order valence-electron chi connectivity index (χ1n) is 5.40. The molecule has 0 bridgehead atoms. The Hall–Kier alpha value is -0.820. The largest absolute Gasteiger partial charge is 0.497 e. The lowest BCUT2D eigenvalue weighted by Crippen LogP contribution is -2.25. The van der Waals surface area contributed by atoms with Crippen LogP contribution in [0.1, 0.15) is 6.42 Å². The zero-order valence-corrected chi connectivity index (χ0v) is 11.7. The number of aliphatic hydroxyl groups excluding tert-OH is 1. The van der Waals surface area contributed by atoms with Gasteiger partial charge in [0.15, 0.2) is 0 Å². The highest BCUT2D eigenvalue weighted by Gasteiger charge is 2.31. The minimum absolute atomic E-state index is 0.0458. The minimum Gasteiger partial charge on any atom is -0.497 e. The normalized spacial score (nSPS) is 19.8. The molecule has 0 aliphatic carbocycles. The van der Waals surface area contributed by atoms with Crippen molar-refractivity contribution in [2.24, 2.45) is 5.92 Å². The van der Waals surface area contributed by atoms with Crippen molar-refractivity contribution in [2.75, 3.05) is 25.2 Å². The van der Waals surface area contributed by atoms with Crippen LogP contribution >= 0.6 is 22.6 Å². The number of hydrogen-bond donors (Lipinski definition) is 1. The third-order valence-electron chi connectivity index (χ3n) is 2.91. The molecule has 0 radical (unpaired) electrons. The fourth-order valence-corrected chi connectivity index (χ4v) is 2.59. The van der Waals surface area contributed by atoms with Gasteiger partial charge in [-0.2, -0.15) is 0 Å². The summed E-state index contributed by atoms with van der Waals surface area (Å²) in [4.78, 5) is 13.6. The standard InChI is InChI=1S/C12H14INO3/c1-17-9-2-3-10(13)11(5-9)14-6-8(7-15)4-12(14)16/h2-3,5,8,15H,4,6-7H2,1H3. The first kappa shape index (κ1) is 12.6. The van der Waals surface area contributed by atoms with Crippen LogP contribution in [0.5, 0.6) is 5.75 Å². The van der Waals surface area contributed by atoms with E-state index in [2.05, 4.69) is 22.6 Å². The van der Waals surface area contributed by atoms with Gasteiger partial charge >= 0.3 is 0 Å². The van der Waals surface area contributed by atoms with Crippen LogP contribution in [0.4, 0.5) is 5.69 Å². The summed E-state index contributed by atoms with van der Waals surface area (Å²) >= 11 is 2.20. The van der Waals surface area contributed by atoms with E-state index < -0.39 is 0 Å². The smallest absolute Gasteiger partial charge is 0.227 e. The van der Waals surface area contributed by atoms with Gasteiger partial charge in [0.25, 0.3) is 0 Å². The van der Waals surface area contributed by atoms with Crippen molar-refractivity contribution < 1.29 is 14.6 Å². The second kappa shape index (κ2) is 5.22. The molecular weight excluding hydrogens is 333 g/mol. The highest BCUT2D eigenvalue weighted by atomic mass is 127. The monoisotopic (exact) mass is 347 g/mol. The third-order valence-corrected chi connectivity index (χ3v) is 3.82. The van der Waals surface area contributed by atoms with E-state index in [9.17, 15) is 4.79 Å². The van der Waals surface area contributed by atoms with Crippen molar-refractivity contribution in [1.29, 1.82) is 0 Å². The maximum absolute atomic E-state index is 11.9. The van der Waals surface area contributed by atoms with Crippen LogP contribution in [-0.4, -0.2) is 31.3 Å². The molecule has 1 unspecified atom stereocenters. The molecule has 1 fully saturated rings. The van der Waals surface area contributed by atoms with E-state index in [1.807, 2.05) is 18.2 Å². The molecule has 1 atom stereocenters. The summed E-state index contributed by atoms with van der Waals surface area (Å²) in [6.45, 7) is 0.640. The zero-order valence-electron chi connectivity index (χ0n) is 9.52. The van der Waals surface area contributed by atoms with Crippen LogP contribution in [0, 0.1) is 9.49 Å². The minimum atomic E-state index is 0.0458. The topological polar surface area (TPSA) is 49.8 Å². The molecule has 1 saturated heterocycles. The maximum Gasteiger partial charge on any atom is 0.227 e. The van der Waals surface area contributed by atoms with Gasteiger partial charge in [-0.25, -0.2) is 0 Å². The number of ether oxygens (including phenoxy) is 1. The summed E-state index contributed by atoms with van der Waals surface area (Å²) in [6.07, 6.45) is 0.420. The average molecular weight is 347 g/mol. The highest BCUT2D eigenvalue weighted by Crippen LogP contribution is 2.31. The Morgan fingerprint density at radius 1 is 1.59 bits per heavy atom. The molecule has 1 heterocycles. The van der Waals surface area contributed by atoms with Gasteiger partial charge in [-0.3, -0.25) is 4.79 Å². The Bertz CT molecular complexity index is 436. The van der Waals surface area contributed by atoms with Crippen LogP contribution in [0.2, 0.25) is 0 Å². The van der Waals surface area contributed by atoms with E-state index in [1.165, 1.54) is 0 Å². The third kappa shape index (κ3) is 2.55. The van der Waals surface area contributed by atoms with E-state index >= 15 is 0 Å². The Morgan fingerprint density at radius 2 is 2.35 bits per heavy atom. The molecule has 1 aliphatic heterocycles. The van der Waals surface area contributed by atoms with E-state index in [-0.39, 0.29) is 18.4 Å². The summed E-state index contributed by atoms with van der Waals surface area (Å²) in [6, 6.07) is 5.66. The van der Waals surface area contributed by atoms with E-state index in [0.717, 1.165) is 15.0 Å². The molecule has 1 aliphatic rings. The Kier molecular flexibility index (Phi) is 3.88. The average Bonchev–Trinajstić information content (AvgIpc) is 2.71. The van der Waals surface area contributed by atoms with Crippen molar-refractivity contribution in [3.05, 3.63) is 21.8 Å². The van der Waals surface area contributed by atoms with Gasteiger partial charge in [0, 0.05) is 35.1 Å². The number of methoxy groups -OCH3 is 1. The van der Waals surface area contributed by atoms with Crippen molar-refractivity contribution in [3.8, 4) is 5.75 Å². The second-order valence-electron chi connectivity index (χ2n) is 4.07. The molecule has 1 N–H and O–H groups in total. The summed E-state index contributed by atoms with van der Waals surface area (Å²) in [5, 5.41) is 9.11. The SMILES string of the molecule is COc1ccc(I)c(N2CC(CO)CC2=O)c1. The van der Waals surface area contributed by atoms with Gasteiger partial charge in [0.05, 0.1) is 12.8 Å². The molecule has 0 spiro atoms. The highest BCUT2D eigenvalue weighted by molar-refractivity contribution is 14.1. The number of aliphatic hydroxyl groups is 1. The first-order chi connectivity index (χ1) is 8.15. The van der Waals surface area contributed by atoms with Gasteiger partial charge < -0.3 is 14.7 Å². The van der Waals surface area contributed by atoms with E-state index in [1.54, 1.807) is 12.0 Å². The molecule has 0 aromatic heterocycles. The number of benzene rings is 1. The molecule has 1 amide bonds. The van der Waals surface area contributed by atoms with Crippen molar-refractivity contribution in [1.82, 2.24) is 0 Å². The van der Waals surface area contributed by atoms with Gasteiger partial charge in [-0.1, -0.05) is 0 Å². The molecular formula is C12H14INO3. The Balaban J connectivity index is 2.30. The van der Waals surface area contributed by atoms with Gasteiger partial charge in [0.1, 0.15) is 5.75 Å². The van der Waals surface area contributed by atoms with Crippen molar-refractivity contribution in [3.63, 3.8) is 0 Å². The van der Waals surface area contributed by atoms with Crippen LogP contribution in [0.25, 0.3) is 0 Å². The predicted octanol–water partition coefficient (Wildman–Crippen LogP) is 1.64. The predicted molar refractivity (Wildman–Crippen MR) is 73.3 cm³/mol. The maximum atomic E-state index is 11.9. The fourth-order valence-electron chi connectivity index (χ4n) is 1.96. The van der Waals surface area contributed by atoms with E-state index in [0.29, 0.717) is 13.0 Å². The number of anilines is 1. The van der Waals surface area contributed by atoms with Crippen molar-refractivity contribution >= 4 is 34.2 Å². The van der Waals surface area contributed by atoms with Gasteiger partial charge in [-0.05, 0) is 34.7 Å². The summed E-state index contributed by atoms with van der Waals surface area (Å²) in [7, 11) is 1.61. The molecule has 1 aromatic carbocycles. The summed E-state index contributed by atoms with van der Waals surface area (Å²) in [5.41, 5.74) is 0.867. The van der Waals surface area contributed by atoms with E-state index in [4.69, 9.17) is 9.84 Å². The molecule has 5 heteroatoms. The Labute approximate surface area is 114 Å². The lowest BCUT2D eigenvalue weighted by molar-refractivity contribution is -0.117. The molecule has 92 valence electrons. The zero-order chi connectivity index (χ0) is 12.4. The first-order valence-corrected chi connectivity index (χ1v) is 6.48.